The Hall–Kier alpha value is -3.53. The molecule has 0 aliphatic heterocycles. The standard InChI is InChI=1S/C22H14FNO2/c23-19-8-4-7-16(12-19)18-11-17-13-20(9-10-21(17)24-14-18)26-22(25)15-5-2-1-3-6-15/h1-14H. The van der Waals surface area contributed by atoms with E-state index in [2.05, 4.69) is 4.98 Å². The van der Waals surface area contributed by atoms with Gasteiger partial charge in [0, 0.05) is 17.1 Å². The summed E-state index contributed by atoms with van der Waals surface area (Å²) in [5.41, 5.74) is 2.79. The van der Waals surface area contributed by atoms with Gasteiger partial charge in [0.2, 0.25) is 0 Å². The van der Waals surface area contributed by atoms with Crippen LogP contribution in [0.3, 0.4) is 0 Å². The molecular formula is C22H14FNO2. The van der Waals surface area contributed by atoms with Crippen molar-refractivity contribution in [2.75, 3.05) is 0 Å². The van der Waals surface area contributed by atoms with Crippen LogP contribution in [0.1, 0.15) is 10.4 Å². The summed E-state index contributed by atoms with van der Waals surface area (Å²) >= 11 is 0. The highest BCUT2D eigenvalue weighted by atomic mass is 19.1. The maximum atomic E-state index is 13.5. The minimum absolute atomic E-state index is 0.298. The number of hydrogen-bond donors (Lipinski definition) is 0. The largest absolute Gasteiger partial charge is 0.423 e. The average Bonchev–Trinajstić information content (AvgIpc) is 2.68. The lowest BCUT2D eigenvalue weighted by Crippen LogP contribution is -2.08. The molecule has 0 N–H and O–H groups in total. The van der Waals surface area contributed by atoms with Gasteiger partial charge in [0.15, 0.2) is 0 Å². The Morgan fingerprint density at radius 3 is 2.50 bits per heavy atom. The first kappa shape index (κ1) is 16.0. The molecule has 0 aliphatic carbocycles. The van der Waals surface area contributed by atoms with Crippen LogP contribution in [0.25, 0.3) is 22.0 Å². The second-order valence-corrected chi connectivity index (χ2v) is 5.84. The van der Waals surface area contributed by atoms with E-state index in [1.165, 1.54) is 12.1 Å². The lowest BCUT2D eigenvalue weighted by atomic mass is 10.1. The third-order valence-electron chi connectivity index (χ3n) is 4.03. The SMILES string of the molecule is O=C(Oc1ccc2ncc(-c3cccc(F)c3)cc2c1)c1ccccc1. The molecule has 4 aromatic rings. The first-order valence-corrected chi connectivity index (χ1v) is 8.12. The summed E-state index contributed by atoms with van der Waals surface area (Å²) < 4.78 is 18.9. The number of halogens is 1. The summed E-state index contributed by atoms with van der Waals surface area (Å²) in [5.74, 6) is -0.281. The average molecular weight is 343 g/mol. The van der Waals surface area contributed by atoms with Crippen LogP contribution in [0, 0.1) is 5.82 Å². The van der Waals surface area contributed by atoms with Crippen molar-refractivity contribution in [2.45, 2.75) is 0 Å². The number of benzene rings is 3. The molecule has 0 atom stereocenters. The van der Waals surface area contributed by atoms with E-state index in [-0.39, 0.29) is 5.82 Å². The van der Waals surface area contributed by atoms with Crippen LogP contribution in [0.4, 0.5) is 4.39 Å². The maximum absolute atomic E-state index is 13.5. The van der Waals surface area contributed by atoms with Crippen molar-refractivity contribution in [1.29, 1.82) is 0 Å². The van der Waals surface area contributed by atoms with Gasteiger partial charge in [0.25, 0.3) is 0 Å². The van der Waals surface area contributed by atoms with E-state index in [0.717, 1.165) is 22.0 Å². The lowest BCUT2D eigenvalue weighted by Gasteiger charge is -2.07. The molecule has 1 aromatic heterocycles. The monoisotopic (exact) mass is 343 g/mol. The van der Waals surface area contributed by atoms with Gasteiger partial charge in [-0.3, -0.25) is 4.98 Å². The van der Waals surface area contributed by atoms with Crippen LogP contribution in [-0.4, -0.2) is 11.0 Å². The van der Waals surface area contributed by atoms with Crippen LogP contribution in [0.2, 0.25) is 0 Å². The van der Waals surface area contributed by atoms with Crippen LogP contribution in [0.15, 0.2) is 85.1 Å². The molecule has 0 bridgehead atoms. The number of aromatic nitrogens is 1. The normalized spacial score (nSPS) is 10.7. The summed E-state index contributed by atoms with van der Waals surface area (Å²) in [5, 5.41) is 0.810. The zero-order chi connectivity index (χ0) is 17.9. The summed E-state index contributed by atoms with van der Waals surface area (Å²) in [7, 11) is 0. The van der Waals surface area contributed by atoms with E-state index >= 15 is 0 Å². The van der Waals surface area contributed by atoms with Gasteiger partial charge in [0.1, 0.15) is 11.6 Å². The van der Waals surface area contributed by atoms with Crippen molar-refractivity contribution < 1.29 is 13.9 Å². The topological polar surface area (TPSA) is 39.2 Å². The predicted molar refractivity (Wildman–Crippen MR) is 98.5 cm³/mol. The molecule has 4 rings (SSSR count). The van der Waals surface area contributed by atoms with Crippen molar-refractivity contribution in [3.63, 3.8) is 0 Å². The number of esters is 1. The molecule has 0 unspecified atom stereocenters. The smallest absolute Gasteiger partial charge is 0.343 e. The van der Waals surface area contributed by atoms with Gasteiger partial charge in [-0.25, -0.2) is 9.18 Å². The van der Waals surface area contributed by atoms with Crippen LogP contribution in [0.5, 0.6) is 5.75 Å². The molecule has 0 saturated heterocycles. The zero-order valence-electron chi connectivity index (χ0n) is 13.7. The van der Waals surface area contributed by atoms with Crippen molar-refractivity contribution in [3.8, 4) is 16.9 Å². The molecular weight excluding hydrogens is 329 g/mol. The van der Waals surface area contributed by atoms with Gasteiger partial charge in [-0.2, -0.15) is 0 Å². The number of hydrogen-bond acceptors (Lipinski definition) is 3. The molecule has 0 aliphatic rings. The van der Waals surface area contributed by atoms with E-state index in [0.29, 0.717) is 11.3 Å². The number of nitrogens with zero attached hydrogens (tertiary/aromatic N) is 1. The van der Waals surface area contributed by atoms with E-state index in [9.17, 15) is 9.18 Å². The van der Waals surface area contributed by atoms with Gasteiger partial charge in [-0.1, -0.05) is 30.3 Å². The number of ether oxygens (including phenoxy) is 1. The number of pyridine rings is 1. The Morgan fingerprint density at radius 1 is 0.846 bits per heavy atom. The zero-order valence-corrected chi connectivity index (χ0v) is 13.7. The summed E-state index contributed by atoms with van der Waals surface area (Å²) in [6, 6.07) is 22.3. The number of carbonyl (C=O) groups excluding carboxylic acids is 1. The second-order valence-electron chi connectivity index (χ2n) is 5.84. The highest BCUT2D eigenvalue weighted by Crippen LogP contribution is 2.26. The fourth-order valence-corrected chi connectivity index (χ4v) is 2.74. The van der Waals surface area contributed by atoms with Gasteiger partial charge in [-0.05, 0) is 54.1 Å². The van der Waals surface area contributed by atoms with Crippen LogP contribution >= 0.6 is 0 Å². The maximum Gasteiger partial charge on any atom is 0.343 e. The Labute approximate surface area is 149 Å². The third kappa shape index (κ3) is 3.30. The van der Waals surface area contributed by atoms with Crippen LogP contribution in [-0.2, 0) is 0 Å². The van der Waals surface area contributed by atoms with Crippen molar-refractivity contribution in [2.24, 2.45) is 0 Å². The molecule has 4 heteroatoms. The molecule has 0 radical (unpaired) electrons. The molecule has 0 saturated carbocycles. The molecule has 0 spiro atoms. The Morgan fingerprint density at radius 2 is 1.69 bits per heavy atom. The van der Waals surface area contributed by atoms with Gasteiger partial charge in [-0.15, -0.1) is 0 Å². The van der Waals surface area contributed by atoms with Crippen molar-refractivity contribution >= 4 is 16.9 Å². The molecule has 0 amide bonds. The molecule has 0 fully saturated rings. The Bertz CT molecular complexity index is 1090. The Kier molecular flexibility index (Phi) is 4.15. The first-order valence-electron chi connectivity index (χ1n) is 8.12. The van der Waals surface area contributed by atoms with Gasteiger partial charge < -0.3 is 4.74 Å². The summed E-state index contributed by atoms with van der Waals surface area (Å²) in [6.45, 7) is 0. The molecule has 126 valence electrons. The highest BCUT2D eigenvalue weighted by molar-refractivity contribution is 5.92. The summed E-state index contributed by atoms with van der Waals surface area (Å²) in [4.78, 5) is 16.6. The fourth-order valence-electron chi connectivity index (χ4n) is 2.74. The minimum atomic E-state index is -0.417. The number of fused-ring (bicyclic) bond motifs is 1. The molecule has 3 aromatic carbocycles. The quantitative estimate of drug-likeness (QED) is 0.376. The summed E-state index contributed by atoms with van der Waals surface area (Å²) in [6.07, 6.45) is 1.70. The predicted octanol–water partition coefficient (Wildman–Crippen LogP) is 5.26. The third-order valence-corrected chi connectivity index (χ3v) is 4.03. The van der Waals surface area contributed by atoms with Crippen LogP contribution < -0.4 is 4.74 Å². The fraction of sp³-hybridized carbons (Fsp3) is 0. The highest BCUT2D eigenvalue weighted by Gasteiger charge is 2.09. The van der Waals surface area contributed by atoms with Crippen molar-refractivity contribution in [1.82, 2.24) is 4.98 Å². The number of rotatable bonds is 3. The van der Waals surface area contributed by atoms with Gasteiger partial charge in [0.05, 0.1) is 11.1 Å². The van der Waals surface area contributed by atoms with E-state index in [1.54, 1.807) is 54.7 Å². The first-order chi connectivity index (χ1) is 12.7. The van der Waals surface area contributed by atoms with E-state index < -0.39 is 5.97 Å². The lowest BCUT2D eigenvalue weighted by molar-refractivity contribution is 0.0735. The number of carbonyl (C=O) groups is 1. The molecule has 1 heterocycles. The minimum Gasteiger partial charge on any atom is -0.423 e. The Balaban J connectivity index is 1.66. The molecule has 3 nitrogen and oxygen atoms in total. The van der Waals surface area contributed by atoms with E-state index in [1.807, 2.05) is 18.2 Å². The molecule has 26 heavy (non-hydrogen) atoms. The van der Waals surface area contributed by atoms with Crippen molar-refractivity contribution in [3.05, 3.63) is 96.4 Å². The van der Waals surface area contributed by atoms with Gasteiger partial charge >= 0.3 is 5.97 Å². The van der Waals surface area contributed by atoms with E-state index in [4.69, 9.17) is 4.74 Å². The second kappa shape index (κ2) is 6.76.